The lowest BCUT2D eigenvalue weighted by Gasteiger charge is -2.37. The molecule has 1 aliphatic carbocycles. The van der Waals surface area contributed by atoms with Gasteiger partial charge in [-0.2, -0.15) is 0 Å². The molecule has 2 atom stereocenters. The van der Waals surface area contributed by atoms with Crippen LogP contribution in [0.1, 0.15) is 30.4 Å². The average molecular weight is 293 g/mol. The van der Waals surface area contributed by atoms with Gasteiger partial charge in [0.05, 0.1) is 12.7 Å². The molecule has 2 unspecified atom stereocenters. The van der Waals surface area contributed by atoms with Crippen molar-refractivity contribution in [1.29, 1.82) is 0 Å². The zero-order valence-electron chi connectivity index (χ0n) is 11.8. The van der Waals surface area contributed by atoms with Crippen LogP contribution in [-0.2, 0) is 11.3 Å². The number of nitrogens with zero attached hydrogens (tertiary/aromatic N) is 2. The van der Waals surface area contributed by atoms with Crippen LogP contribution in [0.3, 0.4) is 0 Å². The second-order valence-corrected chi connectivity index (χ2v) is 5.67. The van der Waals surface area contributed by atoms with E-state index in [0.717, 1.165) is 19.4 Å². The minimum absolute atomic E-state index is 0.0809. The molecule has 114 valence electrons. The Labute approximate surface area is 123 Å². The van der Waals surface area contributed by atoms with Crippen molar-refractivity contribution in [1.82, 2.24) is 4.90 Å². The number of nitrogens with two attached hydrogens (primary N) is 1. The Bertz CT molecular complexity index is 550. The molecule has 3 rings (SSSR count). The lowest BCUT2D eigenvalue weighted by molar-refractivity contribution is -0.0591. The average Bonchev–Trinajstić information content (AvgIpc) is 2.98. The molecule has 6 heteroatoms. The van der Waals surface area contributed by atoms with E-state index in [9.17, 15) is 4.39 Å². The van der Waals surface area contributed by atoms with Gasteiger partial charge in [0.1, 0.15) is 5.82 Å². The fourth-order valence-electron chi connectivity index (χ4n) is 3.31. The van der Waals surface area contributed by atoms with Gasteiger partial charge in [0.15, 0.2) is 5.84 Å². The van der Waals surface area contributed by atoms with E-state index in [-0.39, 0.29) is 11.7 Å². The summed E-state index contributed by atoms with van der Waals surface area (Å²) in [5.41, 5.74) is 6.50. The van der Waals surface area contributed by atoms with E-state index in [4.69, 9.17) is 15.7 Å². The molecule has 1 aromatic rings. The van der Waals surface area contributed by atoms with Crippen LogP contribution >= 0.6 is 0 Å². The highest BCUT2D eigenvalue weighted by atomic mass is 19.1. The molecule has 2 aliphatic rings. The van der Waals surface area contributed by atoms with Crippen molar-refractivity contribution in [3.8, 4) is 0 Å². The third-order valence-corrected chi connectivity index (χ3v) is 4.43. The molecule has 21 heavy (non-hydrogen) atoms. The summed E-state index contributed by atoms with van der Waals surface area (Å²) in [6.07, 6.45) is 3.70. The molecule has 1 aliphatic heterocycles. The van der Waals surface area contributed by atoms with E-state index in [0.29, 0.717) is 36.4 Å². The Hall–Kier alpha value is -1.66. The third-order valence-electron chi connectivity index (χ3n) is 4.43. The van der Waals surface area contributed by atoms with Gasteiger partial charge in [-0.15, -0.1) is 0 Å². The van der Waals surface area contributed by atoms with Crippen molar-refractivity contribution in [2.24, 2.45) is 10.9 Å². The zero-order valence-corrected chi connectivity index (χ0v) is 11.8. The first-order valence-electron chi connectivity index (χ1n) is 7.31. The summed E-state index contributed by atoms with van der Waals surface area (Å²) in [5.74, 6) is -0.400. The number of hydrogen-bond donors (Lipinski definition) is 2. The molecule has 0 amide bonds. The highest BCUT2D eigenvalue weighted by molar-refractivity contribution is 5.97. The fraction of sp³-hybridized carbons (Fsp3) is 0.533. The van der Waals surface area contributed by atoms with E-state index >= 15 is 0 Å². The van der Waals surface area contributed by atoms with Gasteiger partial charge in [-0.05, 0) is 25.3 Å². The van der Waals surface area contributed by atoms with Crippen molar-refractivity contribution in [2.45, 2.75) is 38.0 Å². The molecule has 1 saturated carbocycles. The first-order valence-corrected chi connectivity index (χ1v) is 7.31. The van der Waals surface area contributed by atoms with Gasteiger partial charge in [-0.1, -0.05) is 17.3 Å². The number of fused-ring (bicyclic) bond motifs is 1. The summed E-state index contributed by atoms with van der Waals surface area (Å²) in [4.78, 5) is 2.31. The van der Waals surface area contributed by atoms with Crippen LogP contribution in [0.15, 0.2) is 23.4 Å². The molecule has 3 N–H and O–H groups in total. The van der Waals surface area contributed by atoms with Gasteiger partial charge < -0.3 is 15.7 Å². The molecular weight excluding hydrogens is 273 g/mol. The molecule has 0 spiro atoms. The van der Waals surface area contributed by atoms with Gasteiger partial charge in [0, 0.05) is 30.3 Å². The lowest BCUT2D eigenvalue weighted by Crippen LogP contribution is -2.47. The predicted octanol–water partition coefficient (Wildman–Crippen LogP) is 1.67. The van der Waals surface area contributed by atoms with E-state index in [1.165, 1.54) is 12.5 Å². The van der Waals surface area contributed by atoms with Crippen molar-refractivity contribution >= 4 is 5.84 Å². The highest BCUT2D eigenvalue weighted by Gasteiger charge is 2.36. The summed E-state index contributed by atoms with van der Waals surface area (Å²) in [6.45, 7) is 2.13. The summed E-state index contributed by atoms with van der Waals surface area (Å²) in [7, 11) is 0. The van der Waals surface area contributed by atoms with Crippen LogP contribution in [0.2, 0.25) is 0 Å². The number of hydrogen-bond acceptors (Lipinski definition) is 4. The summed E-state index contributed by atoms with van der Waals surface area (Å²) < 4.78 is 20.0. The van der Waals surface area contributed by atoms with Crippen LogP contribution in [-0.4, -0.2) is 41.2 Å². The minimum atomic E-state index is -0.319. The minimum Gasteiger partial charge on any atom is -0.409 e. The summed E-state index contributed by atoms with van der Waals surface area (Å²) >= 11 is 0. The SMILES string of the molecule is NC(=NO)c1ccc(CN2CCOC3CCCC32)c(F)c1. The standard InChI is InChI=1S/C15H20FN3O2/c16-12-8-10(15(17)18-20)4-5-11(12)9-19-6-7-21-14-3-1-2-13(14)19/h4-5,8,13-14,20H,1-3,6-7,9H2,(H2,17,18). The number of benzene rings is 1. The monoisotopic (exact) mass is 293 g/mol. The van der Waals surface area contributed by atoms with Gasteiger partial charge >= 0.3 is 0 Å². The van der Waals surface area contributed by atoms with E-state index in [1.807, 2.05) is 0 Å². The van der Waals surface area contributed by atoms with E-state index in [1.54, 1.807) is 12.1 Å². The quantitative estimate of drug-likeness (QED) is 0.385. The highest BCUT2D eigenvalue weighted by Crippen LogP contribution is 2.30. The smallest absolute Gasteiger partial charge is 0.170 e. The zero-order chi connectivity index (χ0) is 14.8. The molecular formula is C15H20FN3O2. The Kier molecular flexibility index (Phi) is 4.07. The maximum Gasteiger partial charge on any atom is 0.170 e. The molecule has 0 radical (unpaired) electrons. The number of halogens is 1. The van der Waals surface area contributed by atoms with Gasteiger partial charge in [-0.25, -0.2) is 4.39 Å². The van der Waals surface area contributed by atoms with Crippen molar-refractivity contribution in [2.75, 3.05) is 13.2 Å². The Balaban J connectivity index is 1.75. The first-order chi connectivity index (χ1) is 10.2. The van der Waals surface area contributed by atoms with Gasteiger partial charge in [0.2, 0.25) is 0 Å². The Morgan fingerprint density at radius 2 is 2.33 bits per heavy atom. The fourth-order valence-corrected chi connectivity index (χ4v) is 3.31. The molecule has 1 aromatic carbocycles. The number of morpholine rings is 1. The normalized spacial score (nSPS) is 26.8. The Morgan fingerprint density at radius 1 is 1.48 bits per heavy atom. The molecule has 2 fully saturated rings. The van der Waals surface area contributed by atoms with Crippen LogP contribution in [0, 0.1) is 5.82 Å². The predicted molar refractivity (Wildman–Crippen MR) is 76.7 cm³/mol. The molecule has 0 bridgehead atoms. The molecule has 1 heterocycles. The van der Waals surface area contributed by atoms with Crippen molar-refractivity contribution in [3.63, 3.8) is 0 Å². The first kappa shape index (κ1) is 14.3. The maximum atomic E-state index is 14.2. The number of oxime groups is 1. The Morgan fingerprint density at radius 3 is 3.10 bits per heavy atom. The number of ether oxygens (including phenoxy) is 1. The number of rotatable bonds is 3. The van der Waals surface area contributed by atoms with E-state index < -0.39 is 0 Å². The maximum absolute atomic E-state index is 14.2. The second kappa shape index (κ2) is 5.99. The van der Waals surface area contributed by atoms with Gasteiger partial charge in [0.25, 0.3) is 0 Å². The van der Waals surface area contributed by atoms with Crippen molar-refractivity contribution < 1.29 is 14.3 Å². The van der Waals surface area contributed by atoms with E-state index in [2.05, 4.69) is 10.1 Å². The topological polar surface area (TPSA) is 71.1 Å². The van der Waals surface area contributed by atoms with Crippen LogP contribution in [0.4, 0.5) is 4.39 Å². The van der Waals surface area contributed by atoms with Crippen molar-refractivity contribution in [3.05, 3.63) is 35.1 Å². The summed E-state index contributed by atoms with van der Waals surface area (Å²) in [5, 5.41) is 11.5. The van der Waals surface area contributed by atoms with Crippen LogP contribution in [0.25, 0.3) is 0 Å². The van der Waals surface area contributed by atoms with Crippen LogP contribution in [0.5, 0.6) is 0 Å². The van der Waals surface area contributed by atoms with Crippen LogP contribution < -0.4 is 5.73 Å². The molecule has 1 saturated heterocycles. The largest absolute Gasteiger partial charge is 0.409 e. The lowest BCUT2D eigenvalue weighted by atomic mass is 10.1. The molecule has 5 nitrogen and oxygen atoms in total. The van der Waals surface area contributed by atoms with Gasteiger partial charge in [-0.3, -0.25) is 4.90 Å². The third kappa shape index (κ3) is 2.87. The second-order valence-electron chi connectivity index (χ2n) is 5.67. The summed E-state index contributed by atoms with van der Waals surface area (Å²) in [6, 6.07) is 5.11. The molecule has 0 aromatic heterocycles. The number of amidine groups is 1.